The van der Waals surface area contributed by atoms with Crippen molar-refractivity contribution in [3.05, 3.63) is 54.1 Å². The number of rotatable bonds is 10. The number of carbonyl (C=O) groups excluding carboxylic acids is 1. The molecule has 28 heavy (non-hydrogen) atoms. The van der Waals surface area contributed by atoms with Gasteiger partial charge in [-0.3, -0.25) is 0 Å². The molecule has 0 fully saturated rings. The molecule has 1 aliphatic rings. The van der Waals surface area contributed by atoms with Crippen LogP contribution in [0.15, 0.2) is 48.6 Å². The predicted molar refractivity (Wildman–Crippen MR) is 103 cm³/mol. The highest BCUT2D eigenvalue weighted by atomic mass is 16.7. The van der Waals surface area contributed by atoms with Crippen molar-refractivity contribution in [2.75, 3.05) is 20.8 Å². The Balaban J connectivity index is 1.96. The van der Waals surface area contributed by atoms with Crippen molar-refractivity contribution in [1.82, 2.24) is 0 Å². The molecule has 1 heterocycles. The van der Waals surface area contributed by atoms with Crippen LogP contribution in [-0.2, 0) is 30.3 Å². The van der Waals surface area contributed by atoms with Gasteiger partial charge in [-0.1, -0.05) is 36.4 Å². The fourth-order valence-electron chi connectivity index (χ4n) is 2.66. The van der Waals surface area contributed by atoms with Crippen molar-refractivity contribution in [2.45, 2.75) is 44.6 Å². The molecule has 0 amide bonds. The first-order valence-electron chi connectivity index (χ1n) is 9.19. The maximum Gasteiger partial charge on any atom is 0.338 e. The van der Waals surface area contributed by atoms with Gasteiger partial charge in [-0.2, -0.15) is 0 Å². The Labute approximate surface area is 165 Å². The lowest BCUT2D eigenvalue weighted by Gasteiger charge is -2.24. The Morgan fingerprint density at radius 1 is 1.32 bits per heavy atom. The molecule has 7 nitrogen and oxygen atoms in total. The lowest BCUT2D eigenvalue weighted by Crippen LogP contribution is -2.36. The van der Waals surface area contributed by atoms with Crippen LogP contribution < -0.4 is 4.74 Å². The SMILES string of the molecule is CCO[C@H]1CC=C[C@@H](/C=C/[C@H](O)[C@@H](OCc2ccc(OC)cc2)C(=O)OC)O1. The maximum absolute atomic E-state index is 12.0. The van der Waals surface area contributed by atoms with Crippen LogP contribution in [0.5, 0.6) is 5.75 Å². The molecule has 0 aliphatic carbocycles. The molecule has 2 rings (SSSR count). The molecular formula is C21H28O7. The minimum atomic E-state index is -1.19. The molecule has 7 heteroatoms. The summed E-state index contributed by atoms with van der Waals surface area (Å²) in [5, 5.41) is 10.4. The van der Waals surface area contributed by atoms with E-state index in [0.29, 0.717) is 13.0 Å². The van der Waals surface area contributed by atoms with Crippen molar-refractivity contribution < 1.29 is 33.6 Å². The van der Waals surface area contributed by atoms with Crippen molar-refractivity contribution >= 4 is 5.97 Å². The minimum Gasteiger partial charge on any atom is -0.497 e. The number of hydrogen-bond acceptors (Lipinski definition) is 7. The summed E-state index contributed by atoms with van der Waals surface area (Å²) < 4.78 is 26.7. The summed E-state index contributed by atoms with van der Waals surface area (Å²) in [4.78, 5) is 12.0. The number of esters is 1. The largest absolute Gasteiger partial charge is 0.497 e. The molecule has 154 valence electrons. The van der Waals surface area contributed by atoms with E-state index in [1.807, 2.05) is 31.2 Å². The average molecular weight is 392 g/mol. The van der Waals surface area contributed by atoms with Gasteiger partial charge >= 0.3 is 5.97 Å². The van der Waals surface area contributed by atoms with E-state index in [4.69, 9.17) is 23.7 Å². The number of aliphatic hydroxyl groups is 1. The van der Waals surface area contributed by atoms with Crippen LogP contribution in [0, 0.1) is 0 Å². The van der Waals surface area contributed by atoms with Crippen molar-refractivity contribution in [3.63, 3.8) is 0 Å². The second kappa shape index (κ2) is 11.6. The van der Waals surface area contributed by atoms with Gasteiger partial charge in [0.2, 0.25) is 0 Å². The summed E-state index contributed by atoms with van der Waals surface area (Å²) in [5.41, 5.74) is 0.837. The van der Waals surface area contributed by atoms with Gasteiger partial charge in [0.15, 0.2) is 12.4 Å². The van der Waals surface area contributed by atoms with Gasteiger partial charge in [0, 0.05) is 13.0 Å². The van der Waals surface area contributed by atoms with Crippen LogP contribution in [0.1, 0.15) is 18.9 Å². The highest BCUT2D eigenvalue weighted by Crippen LogP contribution is 2.17. The third kappa shape index (κ3) is 6.76. The summed E-state index contributed by atoms with van der Waals surface area (Å²) in [7, 11) is 2.84. The minimum absolute atomic E-state index is 0.140. The number of benzene rings is 1. The van der Waals surface area contributed by atoms with Crippen LogP contribution in [-0.4, -0.2) is 56.5 Å². The van der Waals surface area contributed by atoms with Crippen molar-refractivity contribution in [3.8, 4) is 5.75 Å². The maximum atomic E-state index is 12.0. The molecule has 0 unspecified atom stereocenters. The van der Waals surface area contributed by atoms with Gasteiger partial charge in [-0.25, -0.2) is 4.79 Å². The zero-order valence-electron chi connectivity index (χ0n) is 16.4. The van der Waals surface area contributed by atoms with Crippen LogP contribution in [0.4, 0.5) is 0 Å². The summed E-state index contributed by atoms with van der Waals surface area (Å²) in [5.74, 6) is 0.0695. The Morgan fingerprint density at radius 3 is 2.71 bits per heavy atom. The molecule has 1 aromatic rings. The van der Waals surface area contributed by atoms with Gasteiger partial charge < -0.3 is 28.8 Å². The summed E-state index contributed by atoms with van der Waals surface area (Å²) in [6, 6.07) is 7.24. The second-order valence-electron chi connectivity index (χ2n) is 6.13. The molecule has 0 saturated heterocycles. The van der Waals surface area contributed by atoms with E-state index in [9.17, 15) is 9.90 Å². The zero-order valence-corrected chi connectivity index (χ0v) is 16.4. The van der Waals surface area contributed by atoms with Gasteiger partial charge in [0.05, 0.1) is 26.9 Å². The molecule has 0 radical (unpaired) electrons. The fraction of sp³-hybridized carbons (Fsp3) is 0.476. The van der Waals surface area contributed by atoms with E-state index >= 15 is 0 Å². The fourth-order valence-corrected chi connectivity index (χ4v) is 2.66. The zero-order chi connectivity index (χ0) is 20.4. The Bertz CT molecular complexity index is 653. The van der Waals surface area contributed by atoms with E-state index in [1.54, 1.807) is 25.3 Å². The second-order valence-corrected chi connectivity index (χ2v) is 6.13. The number of aliphatic hydroxyl groups excluding tert-OH is 1. The van der Waals surface area contributed by atoms with Crippen LogP contribution in [0.25, 0.3) is 0 Å². The van der Waals surface area contributed by atoms with Crippen molar-refractivity contribution in [1.29, 1.82) is 0 Å². The lowest BCUT2D eigenvalue weighted by molar-refractivity contribution is -0.161. The van der Waals surface area contributed by atoms with E-state index in [-0.39, 0.29) is 19.0 Å². The predicted octanol–water partition coefficient (Wildman–Crippen LogP) is 2.38. The molecule has 1 aliphatic heterocycles. The molecule has 1 N–H and O–H groups in total. The standard InChI is InChI=1S/C21H28O7/c1-4-26-19-7-5-6-17(28-19)12-13-18(22)20(21(23)25-3)27-14-15-8-10-16(24-2)11-9-15/h5-6,8-13,17-20,22H,4,7,14H2,1-3H3/b13-12+/t17-,18-,19+,20+/m0/s1. The third-order valence-electron chi connectivity index (χ3n) is 4.15. The first-order chi connectivity index (χ1) is 13.6. The Kier molecular flexibility index (Phi) is 9.16. The highest BCUT2D eigenvalue weighted by molar-refractivity contribution is 5.75. The Morgan fingerprint density at radius 2 is 2.07 bits per heavy atom. The van der Waals surface area contributed by atoms with E-state index in [2.05, 4.69) is 0 Å². The van der Waals surface area contributed by atoms with Gasteiger partial charge in [0.1, 0.15) is 11.9 Å². The highest BCUT2D eigenvalue weighted by Gasteiger charge is 2.27. The van der Waals surface area contributed by atoms with E-state index in [0.717, 1.165) is 11.3 Å². The third-order valence-corrected chi connectivity index (χ3v) is 4.15. The van der Waals surface area contributed by atoms with E-state index in [1.165, 1.54) is 13.2 Å². The Hall–Kier alpha value is -2.19. The van der Waals surface area contributed by atoms with Crippen molar-refractivity contribution in [2.24, 2.45) is 0 Å². The first kappa shape index (κ1) is 22.1. The summed E-state index contributed by atoms with van der Waals surface area (Å²) >= 11 is 0. The molecule has 0 aromatic heterocycles. The van der Waals surface area contributed by atoms with E-state index < -0.39 is 18.2 Å². The van der Waals surface area contributed by atoms with Crippen LogP contribution in [0.3, 0.4) is 0 Å². The topological polar surface area (TPSA) is 83.5 Å². The van der Waals surface area contributed by atoms with Crippen LogP contribution in [0.2, 0.25) is 0 Å². The summed E-state index contributed by atoms with van der Waals surface area (Å²) in [6.07, 6.45) is 4.64. The molecule has 0 spiro atoms. The molecule has 0 bridgehead atoms. The number of methoxy groups -OCH3 is 2. The average Bonchev–Trinajstić information content (AvgIpc) is 2.73. The molecule has 4 atom stereocenters. The molecule has 1 aromatic carbocycles. The molecular weight excluding hydrogens is 364 g/mol. The number of hydrogen-bond donors (Lipinski definition) is 1. The number of carbonyl (C=O) groups is 1. The first-order valence-corrected chi connectivity index (χ1v) is 9.19. The van der Waals surface area contributed by atoms with Crippen LogP contribution >= 0.6 is 0 Å². The number of ether oxygens (including phenoxy) is 5. The molecule has 0 saturated carbocycles. The normalized spacial score (nSPS) is 21.4. The van der Waals surface area contributed by atoms with Gasteiger partial charge in [0.25, 0.3) is 0 Å². The quantitative estimate of drug-likeness (QED) is 0.483. The smallest absolute Gasteiger partial charge is 0.338 e. The summed E-state index contributed by atoms with van der Waals surface area (Å²) in [6.45, 7) is 2.60. The monoisotopic (exact) mass is 392 g/mol. The van der Waals surface area contributed by atoms with Gasteiger partial charge in [-0.05, 0) is 24.6 Å². The van der Waals surface area contributed by atoms with Gasteiger partial charge in [-0.15, -0.1) is 0 Å². The lowest BCUT2D eigenvalue weighted by atomic mass is 10.1.